The van der Waals surface area contributed by atoms with Crippen LogP contribution in [0.4, 0.5) is 0 Å². The van der Waals surface area contributed by atoms with Crippen LogP contribution < -0.4 is 5.32 Å². The van der Waals surface area contributed by atoms with Crippen LogP contribution in [0.15, 0.2) is 18.2 Å². The number of imidazole rings is 1. The molecule has 5 heteroatoms. The monoisotopic (exact) mass is 315 g/mol. The van der Waals surface area contributed by atoms with E-state index in [0.717, 1.165) is 41.7 Å². The number of H-pyrrole nitrogens is 1. The van der Waals surface area contributed by atoms with Crippen molar-refractivity contribution < 1.29 is 9.90 Å². The molecule has 124 valence electrons. The molecule has 0 aliphatic heterocycles. The van der Waals surface area contributed by atoms with Crippen LogP contribution in [0.1, 0.15) is 44.0 Å². The average Bonchev–Trinajstić information content (AvgIpc) is 3.11. The molecule has 2 atom stereocenters. The second-order valence-corrected chi connectivity index (χ2v) is 6.98. The highest BCUT2D eigenvalue weighted by atomic mass is 16.3. The minimum Gasteiger partial charge on any atom is -0.396 e. The number of fused-ring (bicyclic) bond motifs is 1. The number of para-hydroxylation sites is 1. The van der Waals surface area contributed by atoms with Crippen LogP contribution in [0, 0.1) is 12.3 Å². The summed E-state index contributed by atoms with van der Waals surface area (Å²) in [5.41, 5.74) is 2.96. The van der Waals surface area contributed by atoms with Crippen molar-refractivity contribution in [2.24, 2.45) is 5.41 Å². The number of amides is 1. The molecule has 1 heterocycles. The number of benzene rings is 1. The fraction of sp³-hybridized carbons (Fsp3) is 0.556. The van der Waals surface area contributed by atoms with Gasteiger partial charge in [-0.05, 0) is 31.4 Å². The van der Waals surface area contributed by atoms with Gasteiger partial charge in [0.25, 0.3) is 0 Å². The molecule has 1 aliphatic rings. The first-order chi connectivity index (χ1) is 11.0. The lowest BCUT2D eigenvalue weighted by Gasteiger charge is -2.30. The second kappa shape index (κ2) is 6.32. The minimum atomic E-state index is -0.174. The highest BCUT2D eigenvalue weighted by Gasteiger charge is 2.38. The quantitative estimate of drug-likeness (QED) is 0.793. The Kier molecular flexibility index (Phi) is 4.39. The molecule has 1 aromatic carbocycles. The lowest BCUT2D eigenvalue weighted by atomic mass is 9.86. The second-order valence-electron chi connectivity index (χ2n) is 6.98. The predicted molar refractivity (Wildman–Crippen MR) is 90.1 cm³/mol. The van der Waals surface area contributed by atoms with E-state index in [0.29, 0.717) is 12.8 Å². The summed E-state index contributed by atoms with van der Waals surface area (Å²) in [7, 11) is 0. The number of carbonyl (C=O) groups excluding carboxylic acids is 1. The van der Waals surface area contributed by atoms with Crippen LogP contribution in [-0.4, -0.2) is 33.6 Å². The smallest absolute Gasteiger partial charge is 0.220 e. The molecule has 2 aromatic rings. The van der Waals surface area contributed by atoms with Crippen molar-refractivity contribution in [2.45, 2.75) is 52.0 Å². The summed E-state index contributed by atoms with van der Waals surface area (Å²) in [6.45, 7) is 4.21. The first-order valence-corrected chi connectivity index (χ1v) is 8.36. The largest absolute Gasteiger partial charge is 0.396 e. The van der Waals surface area contributed by atoms with E-state index in [-0.39, 0.29) is 24.0 Å². The van der Waals surface area contributed by atoms with E-state index in [9.17, 15) is 9.90 Å². The van der Waals surface area contributed by atoms with Crippen molar-refractivity contribution in [3.8, 4) is 0 Å². The fourth-order valence-corrected chi connectivity index (χ4v) is 3.51. The Morgan fingerprint density at radius 1 is 1.52 bits per heavy atom. The predicted octanol–water partition coefficient (Wildman–Crippen LogP) is 2.47. The number of hydrogen-bond acceptors (Lipinski definition) is 3. The Labute approximate surface area is 136 Å². The summed E-state index contributed by atoms with van der Waals surface area (Å²) in [4.78, 5) is 20.1. The van der Waals surface area contributed by atoms with Crippen molar-refractivity contribution in [1.82, 2.24) is 15.3 Å². The van der Waals surface area contributed by atoms with Gasteiger partial charge < -0.3 is 15.4 Å². The van der Waals surface area contributed by atoms with E-state index in [1.807, 2.05) is 32.0 Å². The maximum atomic E-state index is 12.2. The summed E-state index contributed by atoms with van der Waals surface area (Å²) in [5.74, 6) is 0.884. The van der Waals surface area contributed by atoms with Gasteiger partial charge in [-0.2, -0.15) is 0 Å². The third-order valence-corrected chi connectivity index (χ3v) is 5.13. The number of aliphatic hydroxyl groups is 1. The molecule has 1 aromatic heterocycles. The molecule has 0 radical (unpaired) electrons. The van der Waals surface area contributed by atoms with Gasteiger partial charge in [-0.1, -0.05) is 25.5 Å². The zero-order valence-electron chi connectivity index (χ0n) is 13.9. The van der Waals surface area contributed by atoms with E-state index in [2.05, 4.69) is 15.3 Å². The molecule has 0 bridgehead atoms. The SMILES string of the molecule is Cc1cccc2[nH]c(CCC(=O)NC3CCCC3(C)CO)nc12. The van der Waals surface area contributed by atoms with Crippen molar-refractivity contribution in [2.75, 3.05) is 6.61 Å². The third-order valence-electron chi connectivity index (χ3n) is 5.13. The van der Waals surface area contributed by atoms with Gasteiger partial charge in [0.15, 0.2) is 0 Å². The Bertz CT molecular complexity index is 709. The highest BCUT2D eigenvalue weighted by molar-refractivity contribution is 5.79. The van der Waals surface area contributed by atoms with Gasteiger partial charge in [-0.15, -0.1) is 0 Å². The molecule has 0 saturated heterocycles. The van der Waals surface area contributed by atoms with Crippen LogP contribution in [-0.2, 0) is 11.2 Å². The van der Waals surface area contributed by atoms with Crippen molar-refractivity contribution in [3.05, 3.63) is 29.6 Å². The van der Waals surface area contributed by atoms with Gasteiger partial charge in [0, 0.05) is 24.3 Å². The lowest BCUT2D eigenvalue weighted by molar-refractivity contribution is -0.122. The molecule has 23 heavy (non-hydrogen) atoms. The molecule has 3 rings (SSSR count). The Balaban J connectivity index is 1.59. The number of rotatable bonds is 5. The van der Waals surface area contributed by atoms with Gasteiger partial charge >= 0.3 is 0 Å². The molecular weight excluding hydrogens is 290 g/mol. The molecule has 1 fully saturated rings. The lowest BCUT2D eigenvalue weighted by Crippen LogP contribution is -2.44. The maximum Gasteiger partial charge on any atom is 0.220 e. The molecule has 5 nitrogen and oxygen atoms in total. The van der Waals surface area contributed by atoms with Gasteiger partial charge in [-0.25, -0.2) is 4.98 Å². The number of carbonyl (C=O) groups is 1. The number of aryl methyl sites for hydroxylation is 2. The summed E-state index contributed by atoms with van der Waals surface area (Å²) >= 11 is 0. The number of nitrogens with zero attached hydrogens (tertiary/aromatic N) is 1. The van der Waals surface area contributed by atoms with Crippen LogP contribution >= 0.6 is 0 Å². The fourth-order valence-electron chi connectivity index (χ4n) is 3.51. The number of hydrogen-bond donors (Lipinski definition) is 3. The first-order valence-electron chi connectivity index (χ1n) is 8.36. The Morgan fingerprint density at radius 3 is 3.09 bits per heavy atom. The molecule has 1 amide bonds. The number of aromatic amines is 1. The van der Waals surface area contributed by atoms with Crippen LogP contribution in [0.25, 0.3) is 11.0 Å². The topological polar surface area (TPSA) is 78.0 Å². The van der Waals surface area contributed by atoms with E-state index in [4.69, 9.17) is 0 Å². The summed E-state index contributed by atoms with van der Waals surface area (Å²) in [6.07, 6.45) is 3.99. The molecule has 2 unspecified atom stereocenters. The van der Waals surface area contributed by atoms with Crippen molar-refractivity contribution in [1.29, 1.82) is 0 Å². The molecule has 1 aliphatic carbocycles. The van der Waals surface area contributed by atoms with E-state index < -0.39 is 0 Å². The molecular formula is C18H25N3O2. The average molecular weight is 315 g/mol. The van der Waals surface area contributed by atoms with Gasteiger partial charge in [0.2, 0.25) is 5.91 Å². The normalized spacial score (nSPS) is 24.2. The van der Waals surface area contributed by atoms with Gasteiger partial charge in [0.05, 0.1) is 17.6 Å². The van der Waals surface area contributed by atoms with E-state index >= 15 is 0 Å². The first kappa shape index (κ1) is 16.0. The van der Waals surface area contributed by atoms with Crippen LogP contribution in [0.3, 0.4) is 0 Å². The zero-order chi connectivity index (χ0) is 16.4. The Morgan fingerprint density at radius 2 is 2.35 bits per heavy atom. The summed E-state index contributed by atoms with van der Waals surface area (Å²) in [5, 5.41) is 12.7. The number of aliphatic hydroxyl groups excluding tert-OH is 1. The van der Waals surface area contributed by atoms with Crippen molar-refractivity contribution >= 4 is 16.9 Å². The minimum absolute atomic E-state index is 0.0359. The van der Waals surface area contributed by atoms with Crippen LogP contribution in [0.2, 0.25) is 0 Å². The number of nitrogens with one attached hydrogen (secondary N) is 2. The standard InChI is InChI=1S/C18H25N3O2/c1-12-5-3-6-13-17(12)21-15(19-13)8-9-16(23)20-14-7-4-10-18(14,2)11-22/h3,5-6,14,22H,4,7-11H2,1-2H3,(H,19,21)(H,20,23). The molecule has 3 N–H and O–H groups in total. The number of aromatic nitrogens is 2. The van der Waals surface area contributed by atoms with Crippen molar-refractivity contribution in [3.63, 3.8) is 0 Å². The highest BCUT2D eigenvalue weighted by Crippen LogP contribution is 2.37. The van der Waals surface area contributed by atoms with Gasteiger partial charge in [-0.3, -0.25) is 4.79 Å². The van der Waals surface area contributed by atoms with E-state index in [1.165, 1.54) is 0 Å². The third kappa shape index (κ3) is 3.24. The Hall–Kier alpha value is -1.88. The van der Waals surface area contributed by atoms with Gasteiger partial charge in [0.1, 0.15) is 5.82 Å². The zero-order valence-corrected chi connectivity index (χ0v) is 13.9. The molecule has 1 saturated carbocycles. The summed E-state index contributed by atoms with van der Waals surface area (Å²) in [6, 6.07) is 6.12. The van der Waals surface area contributed by atoms with E-state index in [1.54, 1.807) is 0 Å². The molecule has 0 spiro atoms. The maximum absolute atomic E-state index is 12.2. The van der Waals surface area contributed by atoms with Crippen LogP contribution in [0.5, 0.6) is 0 Å². The summed E-state index contributed by atoms with van der Waals surface area (Å²) < 4.78 is 0.